The predicted octanol–water partition coefficient (Wildman–Crippen LogP) is 2.45. The first-order valence-electron chi connectivity index (χ1n) is 5.17. The summed E-state index contributed by atoms with van der Waals surface area (Å²) in [6.07, 6.45) is 5.93. The minimum absolute atomic E-state index is 0.158. The summed E-state index contributed by atoms with van der Waals surface area (Å²) in [6.45, 7) is 2.09. The van der Waals surface area contributed by atoms with Crippen LogP contribution in [0.25, 0.3) is 0 Å². The second kappa shape index (κ2) is 5.48. The van der Waals surface area contributed by atoms with E-state index in [-0.39, 0.29) is 17.3 Å². The third-order valence-electron chi connectivity index (χ3n) is 2.54. The quantitative estimate of drug-likeness (QED) is 0.699. The van der Waals surface area contributed by atoms with Crippen molar-refractivity contribution in [3.05, 3.63) is 0 Å². The summed E-state index contributed by atoms with van der Waals surface area (Å²) in [5, 5.41) is 3.15. The molecule has 1 rings (SSSR count). The molecule has 1 saturated carbocycles. The zero-order valence-corrected chi connectivity index (χ0v) is 8.94. The van der Waals surface area contributed by atoms with Crippen molar-refractivity contribution in [1.29, 1.82) is 0 Å². The van der Waals surface area contributed by atoms with Gasteiger partial charge >= 0.3 is 0 Å². The van der Waals surface area contributed by atoms with Gasteiger partial charge in [-0.3, -0.25) is 4.79 Å². The van der Waals surface area contributed by atoms with Crippen LogP contribution < -0.4 is 5.32 Å². The maximum Gasteiger partial charge on any atom is 0.220 e. The van der Waals surface area contributed by atoms with Gasteiger partial charge in [-0.05, 0) is 25.7 Å². The number of carbonyl (C=O) groups is 1. The minimum Gasteiger partial charge on any atom is -0.352 e. The number of rotatable bonds is 4. The molecular weight excluding hydrogens is 186 g/mol. The monoisotopic (exact) mass is 203 g/mol. The highest BCUT2D eigenvalue weighted by molar-refractivity contribution is 6.21. The first-order chi connectivity index (χ1) is 6.24. The van der Waals surface area contributed by atoms with Crippen LogP contribution in [0.3, 0.4) is 0 Å². The molecule has 0 aromatic heterocycles. The van der Waals surface area contributed by atoms with Gasteiger partial charge in [0.15, 0.2) is 0 Å². The Morgan fingerprint density at radius 3 is 2.85 bits per heavy atom. The smallest absolute Gasteiger partial charge is 0.220 e. The molecule has 3 heteroatoms. The molecule has 0 saturated heterocycles. The third-order valence-corrected chi connectivity index (χ3v) is 3.06. The molecule has 0 aliphatic heterocycles. The molecule has 1 aliphatic carbocycles. The summed E-state index contributed by atoms with van der Waals surface area (Å²) < 4.78 is 0. The minimum atomic E-state index is 0.158. The van der Waals surface area contributed by atoms with E-state index in [4.69, 9.17) is 11.6 Å². The zero-order valence-electron chi connectivity index (χ0n) is 8.18. The molecule has 0 bridgehead atoms. The van der Waals surface area contributed by atoms with Crippen molar-refractivity contribution in [3.63, 3.8) is 0 Å². The lowest BCUT2D eigenvalue weighted by molar-refractivity contribution is -0.121. The first-order valence-corrected chi connectivity index (χ1v) is 5.61. The van der Waals surface area contributed by atoms with Gasteiger partial charge in [0, 0.05) is 12.5 Å². The van der Waals surface area contributed by atoms with E-state index >= 15 is 0 Å². The molecule has 0 aromatic carbocycles. The summed E-state index contributed by atoms with van der Waals surface area (Å²) in [5.74, 6) is 0.166. The maximum atomic E-state index is 11.3. The normalized spacial score (nSPS) is 27.5. The number of unbranched alkanes of at least 4 members (excludes halogenated alkanes) is 1. The molecule has 13 heavy (non-hydrogen) atoms. The van der Waals surface area contributed by atoms with Crippen LogP contribution in [0.4, 0.5) is 0 Å². The average Bonchev–Trinajstić information content (AvgIpc) is 2.48. The van der Waals surface area contributed by atoms with E-state index in [0.29, 0.717) is 6.42 Å². The molecule has 0 aromatic rings. The SMILES string of the molecule is CCCCC(=O)NC1CCCC1Cl. The van der Waals surface area contributed by atoms with Gasteiger partial charge in [-0.15, -0.1) is 11.6 Å². The molecule has 1 aliphatic rings. The fourth-order valence-corrected chi connectivity index (χ4v) is 2.04. The lowest BCUT2D eigenvalue weighted by atomic mass is 10.2. The largest absolute Gasteiger partial charge is 0.352 e. The molecule has 1 amide bonds. The van der Waals surface area contributed by atoms with E-state index < -0.39 is 0 Å². The van der Waals surface area contributed by atoms with E-state index in [9.17, 15) is 4.79 Å². The molecule has 0 heterocycles. The Balaban J connectivity index is 2.19. The Labute approximate surface area is 85.0 Å². The Kier molecular flexibility index (Phi) is 4.57. The van der Waals surface area contributed by atoms with Crippen LogP contribution in [0, 0.1) is 0 Å². The summed E-state index contributed by atoms with van der Waals surface area (Å²) in [7, 11) is 0. The van der Waals surface area contributed by atoms with Crippen LogP contribution in [0.2, 0.25) is 0 Å². The number of hydrogen-bond donors (Lipinski definition) is 1. The maximum absolute atomic E-state index is 11.3. The van der Waals surface area contributed by atoms with Gasteiger partial charge < -0.3 is 5.32 Å². The van der Waals surface area contributed by atoms with Gasteiger partial charge in [-0.25, -0.2) is 0 Å². The van der Waals surface area contributed by atoms with Crippen molar-refractivity contribution >= 4 is 17.5 Å². The van der Waals surface area contributed by atoms with E-state index in [1.165, 1.54) is 0 Å². The second-order valence-electron chi connectivity index (χ2n) is 3.72. The van der Waals surface area contributed by atoms with Crippen molar-refractivity contribution in [3.8, 4) is 0 Å². The van der Waals surface area contributed by atoms with Crippen LogP contribution in [-0.2, 0) is 4.79 Å². The number of amides is 1. The molecule has 2 nitrogen and oxygen atoms in total. The summed E-state index contributed by atoms with van der Waals surface area (Å²) in [4.78, 5) is 11.3. The van der Waals surface area contributed by atoms with Crippen LogP contribution in [-0.4, -0.2) is 17.3 Å². The summed E-state index contributed by atoms with van der Waals surface area (Å²) in [5.41, 5.74) is 0. The Morgan fingerprint density at radius 2 is 2.31 bits per heavy atom. The second-order valence-corrected chi connectivity index (χ2v) is 4.29. The van der Waals surface area contributed by atoms with E-state index in [1.54, 1.807) is 0 Å². The highest BCUT2D eigenvalue weighted by atomic mass is 35.5. The van der Waals surface area contributed by atoms with Gasteiger partial charge in [0.25, 0.3) is 0 Å². The number of hydrogen-bond acceptors (Lipinski definition) is 1. The van der Waals surface area contributed by atoms with Gasteiger partial charge in [0.05, 0.1) is 5.38 Å². The average molecular weight is 204 g/mol. The molecule has 1 N–H and O–H groups in total. The standard InChI is InChI=1S/C10H18ClNO/c1-2-3-7-10(13)12-9-6-4-5-8(9)11/h8-9H,2-7H2,1H3,(H,12,13). The Morgan fingerprint density at radius 1 is 1.54 bits per heavy atom. The zero-order chi connectivity index (χ0) is 9.68. The molecular formula is C10H18ClNO. The van der Waals surface area contributed by atoms with Crippen molar-refractivity contribution in [2.24, 2.45) is 0 Å². The Bertz CT molecular complexity index is 172. The summed E-state index contributed by atoms with van der Waals surface area (Å²) >= 11 is 6.04. The van der Waals surface area contributed by atoms with E-state index in [0.717, 1.165) is 32.1 Å². The van der Waals surface area contributed by atoms with Gasteiger partial charge in [0.1, 0.15) is 0 Å². The first kappa shape index (κ1) is 10.8. The highest BCUT2D eigenvalue weighted by Crippen LogP contribution is 2.23. The molecule has 2 atom stereocenters. The van der Waals surface area contributed by atoms with Gasteiger partial charge in [-0.2, -0.15) is 0 Å². The lowest BCUT2D eigenvalue weighted by Gasteiger charge is -2.15. The third kappa shape index (κ3) is 3.55. The number of halogens is 1. The van der Waals surface area contributed by atoms with Crippen molar-refractivity contribution in [1.82, 2.24) is 5.32 Å². The molecule has 76 valence electrons. The van der Waals surface area contributed by atoms with E-state index in [1.807, 2.05) is 0 Å². The topological polar surface area (TPSA) is 29.1 Å². The summed E-state index contributed by atoms with van der Waals surface area (Å²) in [6, 6.07) is 0.228. The molecule has 0 spiro atoms. The molecule has 0 radical (unpaired) electrons. The van der Waals surface area contributed by atoms with Crippen LogP contribution in [0.15, 0.2) is 0 Å². The molecule has 2 unspecified atom stereocenters. The number of alkyl halides is 1. The number of nitrogens with one attached hydrogen (secondary N) is 1. The van der Waals surface area contributed by atoms with E-state index in [2.05, 4.69) is 12.2 Å². The van der Waals surface area contributed by atoms with Crippen LogP contribution in [0.5, 0.6) is 0 Å². The van der Waals surface area contributed by atoms with Crippen molar-refractivity contribution < 1.29 is 4.79 Å². The molecule has 1 fully saturated rings. The Hall–Kier alpha value is -0.240. The van der Waals surface area contributed by atoms with Gasteiger partial charge in [-0.1, -0.05) is 13.3 Å². The predicted molar refractivity (Wildman–Crippen MR) is 54.9 cm³/mol. The number of carbonyl (C=O) groups excluding carboxylic acids is 1. The fourth-order valence-electron chi connectivity index (χ4n) is 1.69. The van der Waals surface area contributed by atoms with Crippen LogP contribution in [0.1, 0.15) is 45.4 Å². The van der Waals surface area contributed by atoms with Gasteiger partial charge in [0.2, 0.25) is 5.91 Å². The fraction of sp³-hybridized carbons (Fsp3) is 0.900. The van der Waals surface area contributed by atoms with Crippen molar-refractivity contribution in [2.45, 2.75) is 56.9 Å². The lowest BCUT2D eigenvalue weighted by Crippen LogP contribution is -2.37. The van der Waals surface area contributed by atoms with Crippen LogP contribution >= 0.6 is 11.6 Å². The highest BCUT2D eigenvalue weighted by Gasteiger charge is 2.26. The van der Waals surface area contributed by atoms with Crippen molar-refractivity contribution in [2.75, 3.05) is 0 Å².